The topological polar surface area (TPSA) is 33.1 Å². The van der Waals surface area contributed by atoms with Gasteiger partial charge in [0.25, 0.3) is 0 Å². The third kappa shape index (κ3) is 4.08. The van der Waals surface area contributed by atoms with Gasteiger partial charge in [0.15, 0.2) is 0 Å². The Labute approximate surface area is 127 Å². The summed E-state index contributed by atoms with van der Waals surface area (Å²) < 4.78 is 1.97. The van der Waals surface area contributed by atoms with E-state index in [1.165, 1.54) is 16.9 Å². The number of nitrogens with one attached hydrogen (secondary N) is 1. The molecule has 1 heterocycles. The molecule has 0 aliphatic carbocycles. The van der Waals surface area contributed by atoms with Crippen molar-refractivity contribution in [1.82, 2.24) is 15.1 Å². The van der Waals surface area contributed by atoms with Crippen LogP contribution in [0.15, 0.2) is 30.3 Å². The minimum Gasteiger partial charge on any atom is -0.378 e. The lowest BCUT2D eigenvalue weighted by Crippen LogP contribution is -2.15. The SMILES string of the molecule is CC(C)c1cc(CNCc2ccc(N(C)C)cc2)n(C)n1. The van der Waals surface area contributed by atoms with Crippen molar-refractivity contribution in [1.29, 1.82) is 0 Å². The molecule has 4 nitrogen and oxygen atoms in total. The molecular weight excluding hydrogens is 260 g/mol. The standard InChI is InChI=1S/C17H26N4/c1-13(2)17-10-16(21(5)19-17)12-18-11-14-6-8-15(9-7-14)20(3)4/h6-10,13,18H,11-12H2,1-5H3. The maximum Gasteiger partial charge on any atom is 0.0653 e. The second-order valence-corrected chi connectivity index (χ2v) is 6.00. The molecule has 0 atom stereocenters. The molecular formula is C17H26N4. The van der Waals surface area contributed by atoms with E-state index >= 15 is 0 Å². The summed E-state index contributed by atoms with van der Waals surface area (Å²) in [7, 11) is 6.12. The van der Waals surface area contributed by atoms with Gasteiger partial charge in [-0.2, -0.15) is 5.10 Å². The second kappa shape index (κ2) is 6.76. The highest BCUT2D eigenvalue weighted by Crippen LogP contribution is 2.14. The molecule has 4 heteroatoms. The molecule has 0 spiro atoms. The molecule has 1 aromatic carbocycles. The molecule has 114 valence electrons. The molecule has 2 aromatic rings. The van der Waals surface area contributed by atoms with Gasteiger partial charge >= 0.3 is 0 Å². The van der Waals surface area contributed by atoms with E-state index in [0.29, 0.717) is 5.92 Å². The van der Waals surface area contributed by atoms with E-state index in [4.69, 9.17) is 0 Å². The highest BCUT2D eigenvalue weighted by Gasteiger charge is 2.07. The zero-order valence-corrected chi connectivity index (χ0v) is 13.7. The van der Waals surface area contributed by atoms with Crippen LogP contribution in [0.3, 0.4) is 0 Å². The first-order valence-corrected chi connectivity index (χ1v) is 7.47. The molecule has 0 aliphatic rings. The minimum atomic E-state index is 0.475. The summed E-state index contributed by atoms with van der Waals surface area (Å²) in [5.74, 6) is 0.475. The predicted molar refractivity (Wildman–Crippen MR) is 88.6 cm³/mol. The molecule has 0 amide bonds. The van der Waals surface area contributed by atoms with Crippen LogP contribution < -0.4 is 10.2 Å². The summed E-state index contributed by atoms with van der Waals surface area (Å²) in [6.07, 6.45) is 0. The number of aryl methyl sites for hydroxylation is 1. The molecule has 0 unspecified atom stereocenters. The fourth-order valence-corrected chi connectivity index (χ4v) is 2.22. The van der Waals surface area contributed by atoms with Crippen LogP contribution in [0, 0.1) is 0 Å². The van der Waals surface area contributed by atoms with Crippen molar-refractivity contribution in [3.63, 3.8) is 0 Å². The lowest BCUT2D eigenvalue weighted by Gasteiger charge is -2.13. The Hall–Kier alpha value is -1.81. The van der Waals surface area contributed by atoms with E-state index in [9.17, 15) is 0 Å². The Morgan fingerprint density at radius 2 is 1.81 bits per heavy atom. The van der Waals surface area contributed by atoms with Gasteiger partial charge in [-0.3, -0.25) is 4.68 Å². The van der Waals surface area contributed by atoms with Gasteiger partial charge in [0, 0.05) is 39.9 Å². The van der Waals surface area contributed by atoms with E-state index in [2.05, 4.69) is 73.6 Å². The molecule has 1 aromatic heterocycles. The predicted octanol–water partition coefficient (Wildman–Crippen LogP) is 2.90. The third-order valence-electron chi connectivity index (χ3n) is 3.68. The Morgan fingerprint density at radius 3 is 2.33 bits per heavy atom. The average molecular weight is 286 g/mol. The highest BCUT2D eigenvalue weighted by atomic mass is 15.3. The van der Waals surface area contributed by atoms with Crippen LogP contribution in [-0.4, -0.2) is 23.9 Å². The first-order chi connectivity index (χ1) is 9.97. The molecule has 0 saturated carbocycles. The monoisotopic (exact) mass is 286 g/mol. The maximum atomic E-state index is 4.54. The summed E-state index contributed by atoms with van der Waals surface area (Å²) in [5, 5.41) is 8.02. The number of benzene rings is 1. The van der Waals surface area contributed by atoms with Crippen molar-refractivity contribution < 1.29 is 0 Å². The van der Waals surface area contributed by atoms with E-state index in [1.54, 1.807) is 0 Å². The second-order valence-electron chi connectivity index (χ2n) is 6.00. The quantitative estimate of drug-likeness (QED) is 0.886. The summed E-state index contributed by atoms with van der Waals surface area (Å²) in [4.78, 5) is 2.11. The van der Waals surface area contributed by atoms with Crippen molar-refractivity contribution in [3.05, 3.63) is 47.3 Å². The van der Waals surface area contributed by atoms with E-state index in [1.807, 2.05) is 11.7 Å². The van der Waals surface area contributed by atoms with Crippen LogP contribution >= 0.6 is 0 Å². The van der Waals surface area contributed by atoms with Crippen LogP contribution in [-0.2, 0) is 20.1 Å². The summed E-state index contributed by atoms with van der Waals surface area (Å²) in [5.41, 5.74) is 4.91. The maximum absolute atomic E-state index is 4.54. The largest absolute Gasteiger partial charge is 0.378 e. The zero-order valence-electron chi connectivity index (χ0n) is 13.7. The van der Waals surface area contributed by atoms with Crippen LogP contribution in [0.5, 0.6) is 0 Å². The number of rotatable bonds is 6. The normalized spacial score (nSPS) is 11.1. The van der Waals surface area contributed by atoms with Crippen LogP contribution in [0.25, 0.3) is 0 Å². The lowest BCUT2D eigenvalue weighted by atomic mass is 10.1. The van der Waals surface area contributed by atoms with Gasteiger partial charge in [-0.05, 0) is 29.7 Å². The van der Waals surface area contributed by atoms with Gasteiger partial charge < -0.3 is 10.2 Å². The van der Waals surface area contributed by atoms with Crippen LogP contribution in [0.4, 0.5) is 5.69 Å². The molecule has 2 rings (SSSR count). The molecule has 21 heavy (non-hydrogen) atoms. The van der Waals surface area contributed by atoms with Crippen molar-refractivity contribution in [2.45, 2.75) is 32.9 Å². The van der Waals surface area contributed by atoms with Gasteiger partial charge in [-0.25, -0.2) is 0 Å². The van der Waals surface area contributed by atoms with Gasteiger partial charge in [0.1, 0.15) is 0 Å². The Kier molecular flexibility index (Phi) is 5.02. The van der Waals surface area contributed by atoms with Crippen molar-refractivity contribution in [2.24, 2.45) is 7.05 Å². The van der Waals surface area contributed by atoms with E-state index < -0.39 is 0 Å². The van der Waals surface area contributed by atoms with E-state index in [0.717, 1.165) is 18.8 Å². The first kappa shape index (κ1) is 15.6. The molecule has 0 fully saturated rings. The Bertz CT molecular complexity index is 567. The molecule has 0 saturated heterocycles. The molecule has 1 N–H and O–H groups in total. The number of hydrogen-bond donors (Lipinski definition) is 1. The van der Waals surface area contributed by atoms with Gasteiger partial charge in [0.2, 0.25) is 0 Å². The fourth-order valence-electron chi connectivity index (χ4n) is 2.22. The summed E-state index contributed by atoms with van der Waals surface area (Å²) in [6.45, 7) is 6.05. The van der Waals surface area contributed by atoms with Gasteiger partial charge in [0.05, 0.1) is 11.4 Å². The number of anilines is 1. The first-order valence-electron chi connectivity index (χ1n) is 7.47. The molecule has 0 radical (unpaired) electrons. The third-order valence-corrected chi connectivity index (χ3v) is 3.68. The fraction of sp³-hybridized carbons (Fsp3) is 0.471. The van der Waals surface area contributed by atoms with Crippen molar-refractivity contribution >= 4 is 5.69 Å². The minimum absolute atomic E-state index is 0.475. The van der Waals surface area contributed by atoms with E-state index in [-0.39, 0.29) is 0 Å². The zero-order chi connectivity index (χ0) is 15.4. The number of aromatic nitrogens is 2. The summed E-state index contributed by atoms with van der Waals surface area (Å²) in [6, 6.07) is 10.8. The molecule has 0 aliphatic heterocycles. The highest BCUT2D eigenvalue weighted by molar-refractivity contribution is 5.45. The lowest BCUT2D eigenvalue weighted by molar-refractivity contribution is 0.620. The van der Waals surface area contributed by atoms with Crippen LogP contribution in [0.2, 0.25) is 0 Å². The summed E-state index contributed by atoms with van der Waals surface area (Å²) >= 11 is 0. The smallest absolute Gasteiger partial charge is 0.0653 e. The van der Waals surface area contributed by atoms with Crippen molar-refractivity contribution in [3.8, 4) is 0 Å². The van der Waals surface area contributed by atoms with Gasteiger partial charge in [-0.1, -0.05) is 26.0 Å². The van der Waals surface area contributed by atoms with Gasteiger partial charge in [-0.15, -0.1) is 0 Å². The van der Waals surface area contributed by atoms with Crippen molar-refractivity contribution in [2.75, 3.05) is 19.0 Å². The number of nitrogens with zero attached hydrogens (tertiary/aromatic N) is 3. The Balaban J connectivity index is 1.89. The Morgan fingerprint density at radius 1 is 1.14 bits per heavy atom. The number of hydrogen-bond acceptors (Lipinski definition) is 3. The average Bonchev–Trinajstić information content (AvgIpc) is 2.81. The molecule has 0 bridgehead atoms. The van der Waals surface area contributed by atoms with Crippen LogP contribution in [0.1, 0.15) is 36.7 Å².